The van der Waals surface area contributed by atoms with Gasteiger partial charge in [0.05, 0.1) is 17.6 Å². The van der Waals surface area contributed by atoms with Crippen molar-refractivity contribution in [2.45, 2.75) is 20.8 Å². The van der Waals surface area contributed by atoms with E-state index in [9.17, 15) is 9.59 Å². The number of hydrogen-bond acceptors (Lipinski definition) is 4. The van der Waals surface area contributed by atoms with Crippen molar-refractivity contribution >= 4 is 11.9 Å². The highest BCUT2D eigenvalue weighted by atomic mass is 16.5. The van der Waals surface area contributed by atoms with Gasteiger partial charge in [0.25, 0.3) is 5.91 Å². The van der Waals surface area contributed by atoms with Crippen LogP contribution in [0, 0.1) is 12.8 Å². The van der Waals surface area contributed by atoms with Crippen LogP contribution in [-0.2, 0) is 9.53 Å². The number of esters is 1. The van der Waals surface area contributed by atoms with Crippen molar-refractivity contribution in [2.75, 3.05) is 13.2 Å². The number of carbonyl (C=O) groups is 2. The van der Waals surface area contributed by atoms with E-state index < -0.39 is 5.97 Å². The highest BCUT2D eigenvalue weighted by Gasteiger charge is 2.17. The zero-order valence-electron chi connectivity index (χ0n) is 13.6. The van der Waals surface area contributed by atoms with Crippen LogP contribution in [0.1, 0.15) is 29.9 Å². The second-order valence-corrected chi connectivity index (χ2v) is 5.67. The van der Waals surface area contributed by atoms with Gasteiger partial charge in [-0.15, -0.1) is 0 Å². The average molecular weight is 315 g/mol. The van der Waals surface area contributed by atoms with Crippen LogP contribution in [0.25, 0.3) is 5.69 Å². The van der Waals surface area contributed by atoms with Crippen LogP contribution >= 0.6 is 0 Å². The molecule has 2 aromatic rings. The topological polar surface area (TPSA) is 73.2 Å². The molecule has 0 radical (unpaired) electrons. The van der Waals surface area contributed by atoms with Crippen LogP contribution in [0.2, 0.25) is 0 Å². The number of hydrogen-bond donors (Lipinski definition) is 1. The largest absolute Gasteiger partial charge is 0.452 e. The standard InChI is InChI=1S/C17H21N3O3/c1-12(2)9-18-16(21)11-23-17(22)15-10-19-20(13(15)3)14-7-5-4-6-8-14/h4-8,10,12H,9,11H2,1-3H3,(H,18,21). The Labute approximate surface area is 135 Å². The Morgan fingerprint density at radius 2 is 1.96 bits per heavy atom. The van der Waals surface area contributed by atoms with Crippen LogP contribution in [0.4, 0.5) is 0 Å². The number of aromatic nitrogens is 2. The van der Waals surface area contributed by atoms with Gasteiger partial charge in [0, 0.05) is 6.54 Å². The van der Waals surface area contributed by atoms with Crippen LogP contribution in [0.15, 0.2) is 36.5 Å². The van der Waals surface area contributed by atoms with Crippen molar-refractivity contribution in [1.29, 1.82) is 0 Å². The van der Waals surface area contributed by atoms with Gasteiger partial charge in [-0.25, -0.2) is 9.48 Å². The predicted molar refractivity (Wildman–Crippen MR) is 86.4 cm³/mol. The molecule has 1 heterocycles. The predicted octanol–water partition coefficient (Wildman–Crippen LogP) is 2.11. The number of rotatable bonds is 6. The van der Waals surface area contributed by atoms with E-state index in [1.807, 2.05) is 44.2 Å². The number of nitrogens with zero attached hydrogens (tertiary/aromatic N) is 2. The first-order chi connectivity index (χ1) is 11.0. The Bertz CT molecular complexity index is 678. The molecule has 0 fully saturated rings. The molecule has 6 heteroatoms. The molecule has 1 N–H and O–H groups in total. The lowest BCUT2D eigenvalue weighted by molar-refractivity contribution is -0.124. The van der Waals surface area contributed by atoms with Gasteiger partial charge in [0.2, 0.25) is 0 Å². The summed E-state index contributed by atoms with van der Waals surface area (Å²) in [6.45, 7) is 6.04. The Kier molecular flexibility index (Phi) is 5.51. The summed E-state index contributed by atoms with van der Waals surface area (Å²) in [5.41, 5.74) is 1.88. The summed E-state index contributed by atoms with van der Waals surface area (Å²) >= 11 is 0. The molecule has 0 aliphatic carbocycles. The van der Waals surface area contributed by atoms with Gasteiger partial charge >= 0.3 is 5.97 Å². The van der Waals surface area contributed by atoms with E-state index in [1.54, 1.807) is 11.6 Å². The third-order valence-electron chi connectivity index (χ3n) is 3.27. The molecule has 0 aliphatic rings. The Morgan fingerprint density at radius 3 is 2.61 bits per heavy atom. The number of para-hydroxylation sites is 1. The molecule has 2 rings (SSSR count). The smallest absolute Gasteiger partial charge is 0.342 e. The van der Waals surface area contributed by atoms with Crippen LogP contribution in [0.5, 0.6) is 0 Å². The van der Waals surface area contributed by atoms with Gasteiger partial charge < -0.3 is 10.1 Å². The summed E-state index contributed by atoms with van der Waals surface area (Å²) in [6.07, 6.45) is 1.46. The van der Waals surface area contributed by atoms with E-state index in [1.165, 1.54) is 6.20 Å². The van der Waals surface area contributed by atoms with E-state index in [0.717, 1.165) is 5.69 Å². The van der Waals surface area contributed by atoms with Gasteiger partial charge in [0.15, 0.2) is 6.61 Å². The van der Waals surface area contributed by atoms with Crippen LogP contribution < -0.4 is 5.32 Å². The third kappa shape index (κ3) is 4.42. The number of carbonyl (C=O) groups excluding carboxylic acids is 2. The number of nitrogens with one attached hydrogen (secondary N) is 1. The molecule has 0 atom stereocenters. The summed E-state index contributed by atoms with van der Waals surface area (Å²) < 4.78 is 6.71. The molecule has 0 saturated heterocycles. The van der Waals surface area contributed by atoms with Crippen molar-refractivity contribution in [3.63, 3.8) is 0 Å². The van der Waals surface area contributed by atoms with Crippen molar-refractivity contribution in [3.05, 3.63) is 47.8 Å². The summed E-state index contributed by atoms with van der Waals surface area (Å²) in [7, 11) is 0. The van der Waals surface area contributed by atoms with E-state index in [0.29, 0.717) is 23.7 Å². The molecule has 6 nitrogen and oxygen atoms in total. The van der Waals surface area contributed by atoms with E-state index in [-0.39, 0.29) is 12.5 Å². The zero-order chi connectivity index (χ0) is 16.8. The second-order valence-electron chi connectivity index (χ2n) is 5.67. The first-order valence-electron chi connectivity index (χ1n) is 7.53. The number of benzene rings is 1. The molecular weight excluding hydrogens is 294 g/mol. The zero-order valence-corrected chi connectivity index (χ0v) is 13.6. The van der Waals surface area contributed by atoms with Crippen molar-refractivity contribution in [3.8, 4) is 5.69 Å². The Balaban J connectivity index is 1.98. The molecule has 1 aromatic heterocycles. The molecule has 0 bridgehead atoms. The fourth-order valence-corrected chi connectivity index (χ4v) is 2.02. The fourth-order valence-electron chi connectivity index (χ4n) is 2.02. The second kappa shape index (κ2) is 7.58. The quantitative estimate of drug-likeness (QED) is 0.829. The summed E-state index contributed by atoms with van der Waals surface area (Å²) in [4.78, 5) is 23.7. The van der Waals surface area contributed by atoms with Crippen molar-refractivity contribution in [1.82, 2.24) is 15.1 Å². The first-order valence-corrected chi connectivity index (χ1v) is 7.53. The minimum atomic E-state index is -0.552. The molecule has 0 saturated carbocycles. The molecule has 0 unspecified atom stereocenters. The molecule has 0 aliphatic heterocycles. The minimum Gasteiger partial charge on any atom is -0.452 e. The maximum Gasteiger partial charge on any atom is 0.342 e. The van der Waals surface area contributed by atoms with E-state index in [4.69, 9.17) is 4.74 Å². The fraction of sp³-hybridized carbons (Fsp3) is 0.353. The normalized spacial score (nSPS) is 10.6. The van der Waals surface area contributed by atoms with Crippen molar-refractivity contribution < 1.29 is 14.3 Å². The number of amides is 1. The number of ether oxygens (including phenoxy) is 1. The first kappa shape index (κ1) is 16.7. The van der Waals surface area contributed by atoms with Gasteiger partial charge in [-0.3, -0.25) is 4.79 Å². The molecule has 23 heavy (non-hydrogen) atoms. The van der Waals surface area contributed by atoms with E-state index >= 15 is 0 Å². The Morgan fingerprint density at radius 1 is 1.26 bits per heavy atom. The average Bonchev–Trinajstić information content (AvgIpc) is 2.93. The summed E-state index contributed by atoms with van der Waals surface area (Å²) in [5, 5.41) is 6.91. The highest BCUT2D eigenvalue weighted by Crippen LogP contribution is 2.14. The van der Waals surface area contributed by atoms with Crippen LogP contribution in [0.3, 0.4) is 0 Å². The molecular formula is C17H21N3O3. The third-order valence-corrected chi connectivity index (χ3v) is 3.27. The van der Waals surface area contributed by atoms with Gasteiger partial charge in [-0.05, 0) is 25.0 Å². The van der Waals surface area contributed by atoms with Crippen LogP contribution in [-0.4, -0.2) is 34.8 Å². The molecule has 122 valence electrons. The molecule has 1 amide bonds. The van der Waals surface area contributed by atoms with E-state index in [2.05, 4.69) is 10.4 Å². The lowest BCUT2D eigenvalue weighted by Crippen LogP contribution is -2.31. The highest BCUT2D eigenvalue weighted by molar-refractivity contribution is 5.92. The lowest BCUT2D eigenvalue weighted by atomic mass is 10.2. The van der Waals surface area contributed by atoms with Gasteiger partial charge in [0.1, 0.15) is 5.56 Å². The maximum absolute atomic E-state index is 12.1. The summed E-state index contributed by atoms with van der Waals surface area (Å²) in [5.74, 6) is -0.509. The SMILES string of the molecule is Cc1c(C(=O)OCC(=O)NCC(C)C)cnn1-c1ccccc1. The van der Waals surface area contributed by atoms with Crippen molar-refractivity contribution in [2.24, 2.45) is 5.92 Å². The lowest BCUT2D eigenvalue weighted by Gasteiger charge is -2.08. The van der Waals surface area contributed by atoms with Gasteiger partial charge in [-0.1, -0.05) is 32.0 Å². The summed E-state index contributed by atoms with van der Waals surface area (Å²) in [6, 6.07) is 9.50. The monoisotopic (exact) mass is 315 g/mol. The molecule has 0 spiro atoms. The minimum absolute atomic E-state index is 0.290. The molecule has 1 aromatic carbocycles. The van der Waals surface area contributed by atoms with Gasteiger partial charge in [-0.2, -0.15) is 5.10 Å². The Hall–Kier alpha value is -2.63. The maximum atomic E-state index is 12.1.